The van der Waals surface area contributed by atoms with E-state index in [9.17, 15) is 52.5 Å². The van der Waals surface area contributed by atoms with Crippen molar-refractivity contribution in [2.24, 2.45) is 5.14 Å². The van der Waals surface area contributed by atoms with E-state index in [1.54, 1.807) is 30.3 Å². The van der Waals surface area contributed by atoms with Gasteiger partial charge < -0.3 is 45.6 Å². The number of benzene rings is 4. The lowest BCUT2D eigenvalue weighted by Gasteiger charge is -2.36. The van der Waals surface area contributed by atoms with Crippen molar-refractivity contribution in [3.8, 4) is 23.0 Å². The number of hydrogen-bond acceptors (Lipinski definition) is 15. The number of aliphatic carboxylic acids is 1. The number of amides is 5. The van der Waals surface area contributed by atoms with Crippen molar-refractivity contribution in [1.82, 2.24) is 31.0 Å². The number of carboxylic acid groups (broad SMARTS) is 1. The number of esters is 1. The van der Waals surface area contributed by atoms with Crippen LogP contribution in [-0.2, 0) is 41.2 Å². The minimum atomic E-state index is -4.24. The van der Waals surface area contributed by atoms with Gasteiger partial charge in [-0.05, 0) is 79.8 Å². The normalized spacial score (nSPS) is 16.9. The molecule has 1 spiro atoms. The Hall–Kier alpha value is -7.05. The van der Waals surface area contributed by atoms with E-state index in [4.69, 9.17) is 37.8 Å². The zero-order valence-electron chi connectivity index (χ0n) is 35.0. The van der Waals surface area contributed by atoms with Crippen LogP contribution in [0.25, 0.3) is 0 Å². The lowest BCUT2D eigenvalue weighted by atomic mass is 9.77. The number of nitrogens with two attached hydrogens (primary N) is 1. The van der Waals surface area contributed by atoms with Gasteiger partial charge in [0, 0.05) is 63.6 Å². The van der Waals surface area contributed by atoms with Gasteiger partial charge in [0.25, 0.3) is 15.9 Å². The van der Waals surface area contributed by atoms with Crippen molar-refractivity contribution in [3.63, 3.8) is 0 Å². The number of aromatic nitrogens is 2. The van der Waals surface area contributed by atoms with Crippen LogP contribution < -0.4 is 31.1 Å². The second-order valence-corrected chi connectivity index (χ2v) is 19.4. The number of hydrogen-bond donors (Lipinski definition) is 8. The predicted octanol–water partition coefficient (Wildman–Crippen LogP) is 3.97. The van der Waals surface area contributed by atoms with Crippen LogP contribution in [0.1, 0.15) is 68.7 Å². The summed E-state index contributed by atoms with van der Waals surface area (Å²) in [5.41, 5.74) is 0.405. The number of fused-ring (bicyclic) bond motifs is 6. The highest BCUT2D eigenvalue weighted by Crippen LogP contribution is 2.57. The molecule has 0 radical (unpaired) electrons. The molecule has 1 fully saturated rings. The fourth-order valence-corrected chi connectivity index (χ4v) is 10.0. The number of likely N-dealkylation sites (tertiary alicyclic amines) is 1. The maximum absolute atomic E-state index is 13.8. The molecule has 3 atom stereocenters. The number of phenolic OH excluding ortho intramolecular Hbond substituents is 2. The molecule has 5 amide bonds. The first kappa shape index (κ1) is 47.4. The van der Waals surface area contributed by atoms with E-state index in [2.05, 4.69) is 31.5 Å². The van der Waals surface area contributed by atoms with Gasteiger partial charge in [-0.1, -0.05) is 46.7 Å². The number of nitrogens with zero attached hydrogens (tertiary/aromatic N) is 3. The van der Waals surface area contributed by atoms with Gasteiger partial charge in [-0.15, -0.1) is 10.2 Å². The molecule has 25 heteroatoms. The Labute approximate surface area is 399 Å². The number of phenols is 2. The number of sulfonamides is 1. The predicted molar refractivity (Wildman–Crippen MR) is 241 cm³/mol. The number of ether oxygens (including phenoxy) is 2. The van der Waals surface area contributed by atoms with Gasteiger partial charge in [-0.25, -0.2) is 27.9 Å². The zero-order chi connectivity index (χ0) is 48.7. The summed E-state index contributed by atoms with van der Waals surface area (Å²) in [5, 5.41) is 53.3. The van der Waals surface area contributed by atoms with Crippen LogP contribution >= 0.6 is 34.5 Å². The van der Waals surface area contributed by atoms with Gasteiger partial charge in [0.15, 0.2) is 5.60 Å². The molecule has 0 saturated carbocycles. The number of rotatable bonds is 14. The number of carbonyl (C=O) groups is 6. The second-order valence-electron chi connectivity index (χ2n) is 15.9. The summed E-state index contributed by atoms with van der Waals surface area (Å²) in [5.74, 6) is -3.82. The number of carbonyl (C=O) groups excluding carboxylic acids is 5. The minimum Gasteiger partial charge on any atom is -0.508 e. The number of unbranched alkanes of at least 4 members (excludes halogenated alkanes) is 1. The fraction of sp³-hybridized carbons (Fsp3) is 0.256. The Morgan fingerprint density at radius 1 is 0.926 bits per heavy atom. The SMILES string of the molecule is NS(=O)(=O)c1nnc(NC(=O)N2C[C@H](NC(=O)Cc3ccc(Cl)cc3Cl)C[C@@H]2C(=O)N[C@@H](CCCCNC(=O)c2ccc3c(c2)C(=O)OC32c3ccc(O)cc3Oc3cc(O)ccc32)C(=O)O)s1. The molecule has 9 N–H and O–H groups in total. The lowest BCUT2D eigenvalue weighted by molar-refractivity contribution is -0.142. The highest BCUT2D eigenvalue weighted by atomic mass is 35.5. The molecule has 0 bridgehead atoms. The van der Waals surface area contributed by atoms with Gasteiger partial charge in [0.05, 0.1) is 12.0 Å². The van der Waals surface area contributed by atoms with E-state index in [-0.39, 0.29) is 89.5 Å². The Kier molecular flexibility index (Phi) is 13.2. The highest BCUT2D eigenvalue weighted by Gasteiger charge is 2.54. The van der Waals surface area contributed by atoms with Crippen LogP contribution in [-0.4, -0.2) is 106 Å². The third-order valence-corrected chi connectivity index (χ3v) is 14.1. The molecular formula is C43H38Cl2N8O13S2. The number of aromatic hydroxyl groups is 2. The van der Waals surface area contributed by atoms with Crippen molar-refractivity contribution in [1.29, 1.82) is 0 Å². The molecule has 4 aromatic carbocycles. The highest BCUT2D eigenvalue weighted by molar-refractivity contribution is 7.91. The number of nitrogens with one attached hydrogen (secondary N) is 4. The maximum atomic E-state index is 13.8. The van der Waals surface area contributed by atoms with Crippen LogP contribution in [0.3, 0.4) is 0 Å². The molecule has 4 heterocycles. The van der Waals surface area contributed by atoms with Crippen LogP contribution in [0.4, 0.5) is 9.93 Å². The number of carboxylic acids is 1. The number of primary sulfonamides is 1. The van der Waals surface area contributed by atoms with Gasteiger partial charge in [-0.3, -0.25) is 19.7 Å². The molecule has 68 heavy (non-hydrogen) atoms. The molecule has 3 aliphatic rings. The van der Waals surface area contributed by atoms with Gasteiger partial charge in [0.2, 0.25) is 21.3 Å². The lowest BCUT2D eigenvalue weighted by Crippen LogP contribution is -2.51. The quantitative estimate of drug-likeness (QED) is 0.0443. The van der Waals surface area contributed by atoms with Crippen LogP contribution in [0.5, 0.6) is 23.0 Å². The topological polar surface area (TPSA) is 319 Å². The average Bonchev–Trinajstić information content (AvgIpc) is 4.00. The van der Waals surface area contributed by atoms with Crippen molar-refractivity contribution in [3.05, 3.63) is 116 Å². The summed E-state index contributed by atoms with van der Waals surface area (Å²) in [6.07, 6.45) is 0.0753. The van der Waals surface area contributed by atoms with Crippen molar-refractivity contribution >= 4 is 85.4 Å². The van der Waals surface area contributed by atoms with E-state index in [0.29, 0.717) is 38.6 Å². The average molecular weight is 1010 g/mol. The van der Waals surface area contributed by atoms with Crippen LogP contribution in [0.2, 0.25) is 10.0 Å². The summed E-state index contributed by atoms with van der Waals surface area (Å²) in [6.45, 7) is -0.143. The van der Waals surface area contributed by atoms with Crippen LogP contribution in [0.15, 0.2) is 77.1 Å². The van der Waals surface area contributed by atoms with Gasteiger partial charge in [0.1, 0.15) is 35.1 Å². The maximum Gasteiger partial charge on any atom is 0.340 e. The van der Waals surface area contributed by atoms with Crippen molar-refractivity contribution in [2.75, 3.05) is 18.4 Å². The zero-order valence-corrected chi connectivity index (χ0v) is 38.2. The molecule has 0 aliphatic carbocycles. The number of urea groups is 1. The number of halogens is 2. The molecular weight excluding hydrogens is 972 g/mol. The minimum absolute atomic E-state index is 0.0770. The third kappa shape index (κ3) is 9.69. The Bertz CT molecular complexity index is 2980. The van der Waals surface area contributed by atoms with E-state index < -0.39 is 73.8 Å². The molecule has 0 unspecified atom stereocenters. The Morgan fingerprint density at radius 3 is 2.26 bits per heavy atom. The molecule has 5 aromatic rings. The van der Waals surface area contributed by atoms with Crippen LogP contribution in [0, 0.1) is 0 Å². The van der Waals surface area contributed by atoms with E-state index in [1.807, 2.05) is 0 Å². The van der Waals surface area contributed by atoms with Gasteiger partial charge >= 0.3 is 18.0 Å². The molecule has 1 saturated heterocycles. The summed E-state index contributed by atoms with van der Waals surface area (Å²) >= 11 is 12.7. The first-order chi connectivity index (χ1) is 32.3. The molecule has 1 aromatic heterocycles. The Morgan fingerprint density at radius 2 is 1.62 bits per heavy atom. The monoisotopic (exact) mass is 1010 g/mol. The Balaban J connectivity index is 0.894. The molecule has 8 rings (SSSR count). The second kappa shape index (κ2) is 18.9. The smallest absolute Gasteiger partial charge is 0.340 e. The first-order valence-corrected chi connectivity index (χ1v) is 23.6. The van der Waals surface area contributed by atoms with Crippen molar-refractivity contribution in [2.45, 2.75) is 60.2 Å². The number of anilines is 1. The third-order valence-electron chi connectivity index (χ3n) is 11.3. The largest absolute Gasteiger partial charge is 0.508 e. The standard InChI is InChI=1S/C43H38Cl2N8O13S2/c44-22-6-4-20(30(45)15-22)14-35(56)48-23-16-32(53(19-23)41(62)50-40-51-52-42(67-40)68(46,63)64)37(58)49-31(38(59)60)3-1-2-12-47-36(57)21-5-9-27-26(13-21)39(61)66-43(27)28-10-7-24(54)17-33(28)65-34-18-25(55)8-11-29(34)43/h4-11,13,15,17-18,23,31-32,54-55H,1-3,12,14,16,19H2,(H,47,57)(H,48,56)(H,49,58)(H,59,60)(H2,46,63,64)(H,50,51,62)/t23-,31+,32-/m1/s1. The summed E-state index contributed by atoms with van der Waals surface area (Å²) < 4.78 is 34.9. The van der Waals surface area contributed by atoms with E-state index in [0.717, 1.165) is 4.90 Å². The first-order valence-electron chi connectivity index (χ1n) is 20.5. The van der Waals surface area contributed by atoms with E-state index in [1.165, 1.54) is 42.5 Å². The summed E-state index contributed by atoms with van der Waals surface area (Å²) in [7, 11) is -4.24. The molecule has 3 aliphatic heterocycles. The molecule has 354 valence electrons. The van der Waals surface area contributed by atoms with Gasteiger partial charge in [-0.2, -0.15) is 0 Å². The van der Waals surface area contributed by atoms with E-state index >= 15 is 0 Å². The van der Waals surface area contributed by atoms with Crippen molar-refractivity contribution < 1.29 is 62.0 Å². The fourth-order valence-electron chi connectivity index (χ4n) is 8.22. The molecule has 21 nitrogen and oxygen atoms in total. The summed E-state index contributed by atoms with van der Waals surface area (Å²) in [4.78, 5) is 80.6. The summed E-state index contributed by atoms with van der Waals surface area (Å²) in [6, 6.07) is 13.3.